The van der Waals surface area contributed by atoms with Gasteiger partial charge >= 0.3 is 0 Å². The second-order valence-corrected chi connectivity index (χ2v) is 5.66. The first-order chi connectivity index (χ1) is 11.9. The van der Waals surface area contributed by atoms with Crippen LogP contribution in [0.5, 0.6) is 5.75 Å². The SMILES string of the molecule is O=C(Nc1ccn(Cc2cc(Cl)ccc2O)n1)c1c(F)cccc1F. The molecule has 0 saturated heterocycles. The molecule has 0 aliphatic carbocycles. The summed E-state index contributed by atoms with van der Waals surface area (Å²) in [5, 5.41) is 16.7. The fourth-order valence-electron chi connectivity index (χ4n) is 2.27. The largest absolute Gasteiger partial charge is 0.508 e. The summed E-state index contributed by atoms with van der Waals surface area (Å²) in [5.74, 6) is -2.68. The Labute approximate surface area is 146 Å². The van der Waals surface area contributed by atoms with Crippen molar-refractivity contribution in [3.05, 3.63) is 76.4 Å². The molecule has 0 aliphatic rings. The first-order valence-electron chi connectivity index (χ1n) is 7.20. The van der Waals surface area contributed by atoms with Gasteiger partial charge in [-0.05, 0) is 30.3 Å². The van der Waals surface area contributed by atoms with Crippen molar-refractivity contribution in [2.45, 2.75) is 6.54 Å². The maximum absolute atomic E-state index is 13.6. The van der Waals surface area contributed by atoms with Crippen LogP contribution < -0.4 is 5.32 Å². The maximum atomic E-state index is 13.6. The summed E-state index contributed by atoms with van der Waals surface area (Å²) in [6, 6.07) is 9.25. The van der Waals surface area contributed by atoms with Gasteiger partial charge in [-0.25, -0.2) is 8.78 Å². The molecular formula is C17H12ClF2N3O2. The zero-order chi connectivity index (χ0) is 18.0. The monoisotopic (exact) mass is 363 g/mol. The maximum Gasteiger partial charge on any atom is 0.262 e. The molecular weight excluding hydrogens is 352 g/mol. The van der Waals surface area contributed by atoms with Gasteiger partial charge in [0.2, 0.25) is 0 Å². The highest BCUT2D eigenvalue weighted by Gasteiger charge is 2.18. The van der Waals surface area contributed by atoms with Gasteiger partial charge in [0, 0.05) is 22.8 Å². The second-order valence-electron chi connectivity index (χ2n) is 5.22. The molecule has 0 aliphatic heterocycles. The predicted molar refractivity (Wildman–Crippen MR) is 88.8 cm³/mol. The van der Waals surface area contributed by atoms with Crippen molar-refractivity contribution in [3.63, 3.8) is 0 Å². The Bertz CT molecular complexity index is 923. The van der Waals surface area contributed by atoms with Gasteiger partial charge in [-0.1, -0.05) is 17.7 Å². The van der Waals surface area contributed by atoms with Crippen LogP contribution in [0.25, 0.3) is 0 Å². The van der Waals surface area contributed by atoms with Crippen LogP contribution in [0.3, 0.4) is 0 Å². The average molecular weight is 364 g/mol. The molecule has 1 aromatic heterocycles. The highest BCUT2D eigenvalue weighted by atomic mass is 35.5. The first kappa shape index (κ1) is 16.9. The molecule has 0 radical (unpaired) electrons. The van der Waals surface area contributed by atoms with Crippen molar-refractivity contribution in [1.82, 2.24) is 9.78 Å². The number of aromatic hydroxyl groups is 1. The fourth-order valence-corrected chi connectivity index (χ4v) is 2.46. The van der Waals surface area contributed by atoms with E-state index >= 15 is 0 Å². The number of phenolic OH excluding ortho intramolecular Hbond substituents is 1. The van der Waals surface area contributed by atoms with E-state index in [-0.39, 0.29) is 18.1 Å². The lowest BCUT2D eigenvalue weighted by Crippen LogP contribution is -2.16. The molecule has 2 aromatic carbocycles. The molecule has 128 valence electrons. The van der Waals surface area contributed by atoms with Crippen molar-refractivity contribution in [2.75, 3.05) is 5.32 Å². The molecule has 5 nitrogen and oxygen atoms in total. The van der Waals surface area contributed by atoms with Crippen LogP contribution in [0.15, 0.2) is 48.7 Å². The molecule has 1 heterocycles. The van der Waals surface area contributed by atoms with E-state index in [1.54, 1.807) is 18.3 Å². The van der Waals surface area contributed by atoms with E-state index in [1.807, 2.05) is 0 Å². The molecule has 0 fully saturated rings. The molecule has 0 atom stereocenters. The predicted octanol–water partition coefficient (Wildman–Crippen LogP) is 3.82. The number of anilines is 1. The van der Waals surface area contributed by atoms with Crippen LogP contribution in [0.1, 0.15) is 15.9 Å². The molecule has 8 heteroatoms. The highest BCUT2D eigenvalue weighted by molar-refractivity contribution is 6.30. The summed E-state index contributed by atoms with van der Waals surface area (Å²) in [7, 11) is 0. The molecule has 25 heavy (non-hydrogen) atoms. The average Bonchev–Trinajstić information content (AvgIpc) is 2.98. The molecule has 0 unspecified atom stereocenters. The summed E-state index contributed by atoms with van der Waals surface area (Å²) < 4.78 is 28.7. The summed E-state index contributed by atoms with van der Waals surface area (Å²) >= 11 is 5.89. The van der Waals surface area contributed by atoms with Crippen LogP contribution in [0.2, 0.25) is 5.02 Å². The lowest BCUT2D eigenvalue weighted by atomic mass is 10.2. The van der Waals surface area contributed by atoms with Crippen molar-refractivity contribution in [2.24, 2.45) is 0 Å². The van der Waals surface area contributed by atoms with E-state index < -0.39 is 23.1 Å². The second kappa shape index (κ2) is 6.90. The van der Waals surface area contributed by atoms with Crippen LogP contribution in [0, 0.1) is 11.6 Å². The minimum atomic E-state index is -0.958. The smallest absolute Gasteiger partial charge is 0.262 e. The van der Waals surface area contributed by atoms with E-state index in [4.69, 9.17) is 11.6 Å². The van der Waals surface area contributed by atoms with E-state index in [2.05, 4.69) is 10.4 Å². The van der Waals surface area contributed by atoms with E-state index in [0.717, 1.165) is 12.1 Å². The van der Waals surface area contributed by atoms with Gasteiger partial charge < -0.3 is 10.4 Å². The first-order valence-corrected chi connectivity index (χ1v) is 7.58. The van der Waals surface area contributed by atoms with Crippen molar-refractivity contribution < 1.29 is 18.7 Å². The zero-order valence-electron chi connectivity index (χ0n) is 12.7. The molecule has 0 bridgehead atoms. The Morgan fingerprint density at radius 3 is 2.64 bits per heavy atom. The number of aromatic nitrogens is 2. The summed E-state index contributed by atoms with van der Waals surface area (Å²) in [6.45, 7) is 0.205. The van der Waals surface area contributed by atoms with Crippen molar-refractivity contribution in [3.8, 4) is 5.75 Å². The Balaban J connectivity index is 1.76. The van der Waals surface area contributed by atoms with Gasteiger partial charge in [0.05, 0.1) is 6.54 Å². The van der Waals surface area contributed by atoms with Gasteiger partial charge in [0.15, 0.2) is 5.82 Å². The van der Waals surface area contributed by atoms with Crippen LogP contribution in [-0.2, 0) is 6.54 Å². The number of phenols is 1. The normalized spacial score (nSPS) is 10.7. The van der Waals surface area contributed by atoms with Crippen LogP contribution in [-0.4, -0.2) is 20.8 Å². The number of halogens is 3. The van der Waals surface area contributed by atoms with Crippen LogP contribution in [0.4, 0.5) is 14.6 Å². The number of hydrogen-bond donors (Lipinski definition) is 2. The fraction of sp³-hybridized carbons (Fsp3) is 0.0588. The van der Waals surface area contributed by atoms with E-state index in [9.17, 15) is 18.7 Å². The Morgan fingerprint density at radius 2 is 1.92 bits per heavy atom. The van der Waals surface area contributed by atoms with Gasteiger partial charge in [-0.2, -0.15) is 5.10 Å². The molecule has 3 aromatic rings. The highest BCUT2D eigenvalue weighted by Crippen LogP contribution is 2.22. The minimum absolute atomic E-state index is 0.0545. The summed E-state index contributed by atoms with van der Waals surface area (Å²) in [4.78, 5) is 12.0. The number of nitrogens with zero attached hydrogens (tertiary/aromatic N) is 2. The number of carbonyl (C=O) groups excluding carboxylic acids is 1. The Morgan fingerprint density at radius 1 is 1.20 bits per heavy atom. The summed E-state index contributed by atoms with van der Waals surface area (Å²) in [6.07, 6.45) is 1.55. The lowest BCUT2D eigenvalue weighted by molar-refractivity contribution is 0.101. The summed E-state index contributed by atoms with van der Waals surface area (Å²) in [5.41, 5.74) is -0.141. The van der Waals surface area contributed by atoms with Crippen molar-refractivity contribution in [1.29, 1.82) is 0 Å². The van der Waals surface area contributed by atoms with Gasteiger partial charge in [-0.15, -0.1) is 0 Å². The number of carbonyl (C=O) groups is 1. The zero-order valence-corrected chi connectivity index (χ0v) is 13.5. The van der Waals surface area contributed by atoms with Gasteiger partial charge in [0.1, 0.15) is 22.9 Å². The van der Waals surface area contributed by atoms with Crippen molar-refractivity contribution >= 4 is 23.3 Å². The lowest BCUT2D eigenvalue weighted by Gasteiger charge is -2.06. The Kier molecular flexibility index (Phi) is 4.67. The van der Waals surface area contributed by atoms with Crippen LogP contribution >= 0.6 is 11.6 Å². The molecule has 1 amide bonds. The number of rotatable bonds is 4. The quantitative estimate of drug-likeness (QED) is 0.740. The molecule has 3 rings (SSSR count). The number of hydrogen-bond acceptors (Lipinski definition) is 3. The molecule has 2 N–H and O–H groups in total. The minimum Gasteiger partial charge on any atom is -0.508 e. The third-order valence-electron chi connectivity index (χ3n) is 3.45. The van der Waals surface area contributed by atoms with Gasteiger partial charge in [0.25, 0.3) is 5.91 Å². The molecule has 0 spiro atoms. The third kappa shape index (κ3) is 3.77. The third-order valence-corrected chi connectivity index (χ3v) is 3.68. The van der Waals surface area contributed by atoms with E-state index in [0.29, 0.717) is 10.6 Å². The number of amides is 1. The number of benzene rings is 2. The van der Waals surface area contributed by atoms with Gasteiger partial charge in [-0.3, -0.25) is 9.48 Å². The standard InChI is InChI=1S/C17H12ClF2N3O2/c18-11-4-5-14(24)10(8-11)9-23-7-6-15(22-23)21-17(25)16-12(19)2-1-3-13(16)20/h1-8,24H,9H2,(H,21,22,25). The Hall–Kier alpha value is -2.93. The van der Waals surface area contributed by atoms with E-state index in [1.165, 1.54) is 22.9 Å². The topological polar surface area (TPSA) is 67.2 Å². The molecule has 0 saturated carbocycles. The number of nitrogens with one attached hydrogen (secondary N) is 1.